The van der Waals surface area contributed by atoms with Crippen LogP contribution in [0, 0.1) is 0 Å². The van der Waals surface area contributed by atoms with Gasteiger partial charge in [-0.05, 0) is 89.4 Å². The second kappa shape index (κ2) is 6.81. The molecule has 0 fully saturated rings. The Morgan fingerprint density at radius 2 is 0.857 bits per heavy atom. The number of fused-ring (bicyclic) bond motifs is 10. The predicted octanol–water partition coefficient (Wildman–Crippen LogP) is 9.36. The molecule has 0 aliphatic heterocycles. The van der Waals surface area contributed by atoms with Crippen molar-refractivity contribution >= 4 is 54.6 Å². The fraction of sp³-hybridized carbons (Fsp3) is 0.0286. The zero-order chi connectivity index (χ0) is 23.1. The second-order valence-corrected chi connectivity index (χ2v) is 9.70. The summed E-state index contributed by atoms with van der Waals surface area (Å²) in [6.07, 6.45) is 0. The van der Waals surface area contributed by atoms with Crippen molar-refractivity contribution in [3.8, 4) is 0 Å². The second-order valence-electron chi connectivity index (χ2n) is 9.70. The van der Waals surface area contributed by atoms with E-state index in [1.165, 1.54) is 82.4 Å². The highest BCUT2D eigenvalue weighted by molar-refractivity contribution is 6.37. The van der Waals surface area contributed by atoms with Gasteiger partial charge in [0, 0.05) is 0 Å². The molecule has 35 heavy (non-hydrogen) atoms. The van der Waals surface area contributed by atoms with Crippen LogP contribution < -0.4 is 0 Å². The predicted molar refractivity (Wildman–Crippen MR) is 150 cm³/mol. The molecule has 0 atom stereocenters. The lowest BCUT2D eigenvalue weighted by Crippen LogP contribution is -1.94. The molecule has 0 bridgehead atoms. The molecule has 0 nitrogen and oxygen atoms in total. The first kappa shape index (κ1) is 18.9. The SMILES string of the molecule is CC1=C2C(=C(c3cccc4ccccc34)c3c2ccc2ccccc32)c2ccc3ccccc3c21. The Hall–Kier alpha value is -4.42. The molecular formula is C35H22. The molecule has 0 spiro atoms. The van der Waals surface area contributed by atoms with Crippen LogP contribution in [0.4, 0.5) is 0 Å². The topological polar surface area (TPSA) is 0 Å². The first-order chi connectivity index (χ1) is 17.3. The van der Waals surface area contributed by atoms with Crippen molar-refractivity contribution < 1.29 is 0 Å². The third-order valence-corrected chi connectivity index (χ3v) is 7.96. The molecule has 0 unspecified atom stereocenters. The van der Waals surface area contributed by atoms with Crippen molar-refractivity contribution in [3.63, 3.8) is 0 Å². The summed E-state index contributed by atoms with van der Waals surface area (Å²) in [5.74, 6) is 0. The average molecular weight is 443 g/mol. The summed E-state index contributed by atoms with van der Waals surface area (Å²) in [7, 11) is 0. The number of hydrogen-bond acceptors (Lipinski definition) is 0. The van der Waals surface area contributed by atoms with Gasteiger partial charge in [-0.1, -0.05) is 115 Å². The van der Waals surface area contributed by atoms with Crippen LogP contribution in [0.3, 0.4) is 0 Å². The molecule has 162 valence electrons. The zero-order valence-corrected chi connectivity index (χ0v) is 19.5. The van der Waals surface area contributed by atoms with Crippen LogP contribution in [-0.2, 0) is 0 Å². The van der Waals surface area contributed by atoms with Gasteiger partial charge in [0.25, 0.3) is 0 Å². The number of allylic oxidation sites excluding steroid dienone is 3. The van der Waals surface area contributed by atoms with Crippen LogP contribution in [0.5, 0.6) is 0 Å². The van der Waals surface area contributed by atoms with Gasteiger partial charge in [-0.15, -0.1) is 0 Å². The summed E-state index contributed by atoms with van der Waals surface area (Å²) < 4.78 is 0. The molecule has 6 aromatic rings. The Kier molecular flexibility index (Phi) is 3.68. The van der Waals surface area contributed by atoms with Crippen LogP contribution in [0.1, 0.15) is 34.7 Å². The van der Waals surface area contributed by atoms with Crippen molar-refractivity contribution in [3.05, 3.63) is 143 Å². The van der Waals surface area contributed by atoms with Gasteiger partial charge in [-0.2, -0.15) is 0 Å². The van der Waals surface area contributed by atoms with E-state index in [4.69, 9.17) is 0 Å². The Labute approximate surface area is 204 Å². The lowest BCUT2D eigenvalue weighted by molar-refractivity contribution is 1.58. The molecule has 0 amide bonds. The van der Waals surface area contributed by atoms with Crippen molar-refractivity contribution in [1.82, 2.24) is 0 Å². The molecule has 8 rings (SSSR count). The van der Waals surface area contributed by atoms with Gasteiger partial charge in [0.2, 0.25) is 0 Å². The Balaban J connectivity index is 1.60. The maximum atomic E-state index is 2.35. The minimum absolute atomic E-state index is 1.28. The molecule has 0 heteroatoms. The molecule has 0 aromatic heterocycles. The minimum Gasteiger partial charge on any atom is -0.0616 e. The molecule has 0 heterocycles. The van der Waals surface area contributed by atoms with Crippen LogP contribution in [0.25, 0.3) is 54.6 Å². The molecule has 2 aliphatic carbocycles. The standard InChI is InChI=1S/C35H22/c1-21-31-26-14-6-3-10-23(26)17-19-29(31)35-32(21)30-20-18-24-11-4-7-15-27(24)33(30)34(35)28-16-8-12-22-9-2-5-13-25(22)28/h2-20H,1H3. The van der Waals surface area contributed by atoms with E-state index in [0.29, 0.717) is 0 Å². The molecule has 0 N–H and O–H groups in total. The summed E-state index contributed by atoms with van der Waals surface area (Å²) in [4.78, 5) is 0. The van der Waals surface area contributed by atoms with E-state index in [2.05, 4.69) is 122 Å². The zero-order valence-electron chi connectivity index (χ0n) is 19.5. The monoisotopic (exact) mass is 442 g/mol. The summed E-state index contributed by atoms with van der Waals surface area (Å²) in [6, 6.07) is 42.5. The largest absolute Gasteiger partial charge is 0.0616 e. The van der Waals surface area contributed by atoms with Gasteiger partial charge >= 0.3 is 0 Å². The fourth-order valence-corrected chi connectivity index (χ4v) is 6.51. The summed E-state index contributed by atoms with van der Waals surface area (Å²) in [5, 5.41) is 7.86. The summed E-state index contributed by atoms with van der Waals surface area (Å²) >= 11 is 0. The van der Waals surface area contributed by atoms with Gasteiger partial charge in [0.1, 0.15) is 0 Å². The summed E-state index contributed by atoms with van der Waals surface area (Å²) in [6.45, 7) is 2.32. The highest BCUT2D eigenvalue weighted by Crippen LogP contribution is 2.59. The molecule has 0 saturated heterocycles. The minimum atomic E-state index is 1.28. The van der Waals surface area contributed by atoms with Crippen molar-refractivity contribution in [1.29, 1.82) is 0 Å². The smallest absolute Gasteiger partial charge is 0.000753 e. The Bertz CT molecular complexity index is 1940. The number of hydrogen-bond donors (Lipinski definition) is 0. The normalized spacial score (nSPS) is 14.2. The first-order valence-electron chi connectivity index (χ1n) is 12.3. The Morgan fingerprint density at radius 3 is 1.54 bits per heavy atom. The summed E-state index contributed by atoms with van der Waals surface area (Å²) in [5.41, 5.74) is 12.4. The van der Waals surface area contributed by atoms with Crippen LogP contribution in [0.2, 0.25) is 0 Å². The van der Waals surface area contributed by atoms with E-state index in [0.717, 1.165) is 0 Å². The van der Waals surface area contributed by atoms with E-state index < -0.39 is 0 Å². The van der Waals surface area contributed by atoms with E-state index in [-0.39, 0.29) is 0 Å². The fourth-order valence-electron chi connectivity index (χ4n) is 6.51. The molecule has 0 radical (unpaired) electrons. The van der Waals surface area contributed by atoms with Gasteiger partial charge in [-0.3, -0.25) is 0 Å². The Morgan fingerprint density at radius 1 is 0.343 bits per heavy atom. The van der Waals surface area contributed by atoms with Crippen LogP contribution in [-0.4, -0.2) is 0 Å². The maximum Gasteiger partial charge on any atom is -0.000753 e. The molecular weight excluding hydrogens is 420 g/mol. The highest BCUT2D eigenvalue weighted by Gasteiger charge is 2.37. The lowest BCUT2D eigenvalue weighted by Gasteiger charge is -2.15. The highest BCUT2D eigenvalue weighted by atomic mass is 14.4. The average Bonchev–Trinajstić information content (AvgIpc) is 3.41. The third kappa shape index (κ3) is 2.41. The molecule has 0 saturated carbocycles. The van der Waals surface area contributed by atoms with Crippen molar-refractivity contribution in [2.75, 3.05) is 0 Å². The van der Waals surface area contributed by atoms with Crippen LogP contribution in [0.15, 0.2) is 115 Å². The lowest BCUT2D eigenvalue weighted by atomic mass is 9.87. The third-order valence-electron chi connectivity index (χ3n) is 7.96. The quantitative estimate of drug-likeness (QED) is 0.238. The van der Waals surface area contributed by atoms with Crippen LogP contribution >= 0.6 is 0 Å². The first-order valence-corrected chi connectivity index (χ1v) is 12.3. The molecule has 6 aromatic carbocycles. The van der Waals surface area contributed by atoms with Crippen molar-refractivity contribution in [2.45, 2.75) is 6.92 Å². The van der Waals surface area contributed by atoms with Gasteiger partial charge in [-0.25, -0.2) is 0 Å². The number of benzene rings is 6. The molecule has 2 aliphatic rings. The van der Waals surface area contributed by atoms with Gasteiger partial charge in [0.05, 0.1) is 0 Å². The number of rotatable bonds is 1. The van der Waals surface area contributed by atoms with Crippen molar-refractivity contribution in [2.24, 2.45) is 0 Å². The van der Waals surface area contributed by atoms with Gasteiger partial charge < -0.3 is 0 Å². The van der Waals surface area contributed by atoms with Gasteiger partial charge in [0.15, 0.2) is 0 Å². The van der Waals surface area contributed by atoms with E-state index in [1.807, 2.05) is 0 Å². The van der Waals surface area contributed by atoms with E-state index in [9.17, 15) is 0 Å². The maximum absolute atomic E-state index is 2.35. The van der Waals surface area contributed by atoms with E-state index >= 15 is 0 Å². The van der Waals surface area contributed by atoms with E-state index in [1.54, 1.807) is 0 Å².